The zero-order chi connectivity index (χ0) is 28.2. The fraction of sp³-hybridized carbons (Fsp3) is 0.379. The van der Waals surface area contributed by atoms with Crippen LogP contribution in [0.3, 0.4) is 0 Å². The molecule has 2 aromatic rings. The highest BCUT2D eigenvalue weighted by atomic mass is 32.2. The lowest BCUT2D eigenvalue weighted by molar-refractivity contribution is -0.138. The molecule has 3 aliphatic carbocycles. The van der Waals surface area contributed by atoms with Gasteiger partial charge in [-0.25, -0.2) is 8.42 Å². The number of amides is 3. The van der Waals surface area contributed by atoms with E-state index in [9.17, 15) is 22.8 Å². The van der Waals surface area contributed by atoms with Crippen molar-refractivity contribution in [1.82, 2.24) is 14.9 Å². The van der Waals surface area contributed by atoms with Crippen LogP contribution in [-0.4, -0.2) is 66.2 Å². The number of rotatable bonds is 8. The van der Waals surface area contributed by atoms with E-state index in [-0.39, 0.29) is 25.3 Å². The van der Waals surface area contributed by atoms with Crippen LogP contribution in [-0.2, 0) is 29.2 Å². The second kappa shape index (κ2) is 9.58. The first-order valence-corrected chi connectivity index (χ1v) is 14.9. The molecule has 1 aliphatic heterocycles. The molecule has 2 saturated carbocycles. The van der Waals surface area contributed by atoms with E-state index in [0.717, 1.165) is 22.3 Å². The van der Waals surface area contributed by atoms with Gasteiger partial charge in [0.15, 0.2) is 0 Å². The Balaban J connectivity index is 1.19. The number of benzene rings is 2. The Hall–Kier alpha value is -3.99. The molecule has 2 N–H and O–H groups in total. The Morgan fingerprint density at radius 1 is 1.05 bits per heavy atom. The lowest BCUT2D eigenvalue weighted by Crippen LogP contribution is -2.56. The van der Waals surface area contributed by atoms with Gasteiger partial charge in [0.25, 0.3) is 5.91 Å². The van der Waals surface area contributed by atoms with E-state index < -0.39 is 50.7 Å². The topological polar surface area (TPSA) is 134 Å². The molecule has 40 heavy (non-hydrogen) atoms. The van der Waals surface area contributed by atoms with Gasteiger partial charge >= 0.3 is 0 Å². The van der Waals surface area contributed by atoms with Gasteiger partial charge < -0.3 is 15.1 Å². The van der Waals surface area contributed by atoms with Crippen LogP contribution < -0.4 is 10.0 Å². The predicted molar refractivity (Wildman–Crippen MR) is 147 cm³/mol. The first-order chi connectivity index (χ1) is 19.1. The van der Waals surface area contributed by atoms with Crippen molar-refractivity contribution in [3.8, 4) is 11.1 Å². The normalized spacial score (nSPS) is 26.4. The summed E-state index contributed by atoms with van der Waals surface area (Å²) in [7, 11) is -3.79. The number of fused-ring (bicyclic) bond motifs is 3. The van der Waals surface area contributed by atoms with E-state index in [4.69, 9.17) is 4.84 Å². The Morgan fingerprint density at radius 2 is 1.65 bits per heavy atom. The fourth-order valence-electron chi connectivity index (χ4n) is 5.71. The molecular formula is C29H30N4O6S. The van der Waals surface area contributed by atoms with Crippen molar-refractivity contribution in [3.63, 3.8) is 0 Å². The third-order valence-electron chi connectivity index (χ3n) is 8.17. The van der Waals surface area contributed by atoms with Gasteiger partial charge in [-0.2, -0.15) is 0 Å². The van der Waals surface area contributed by atoms with Crippen LogP contribution >= 0.6 is 0 Å². The monoisotopic (exact) mass is 562 g/mol. The highest BCUT2D eigenvalue weighted by Crippen LogP contribution is 2.45. The number of oxime groups is 1. The molecule has 6 rings (SSSR count). The SMILES string of the molecule is C=C[C@@H]1C[C@]1(NC(=O)C1CC(ON=C2c3ccccc3-c3ccccc32)CN1C(C)=O)C(=O)NS(=O)(=O)C1CC1. The number of nitrogens with zero attached hydrogens (tertiary/aromatic N) is 2. The summed E-state index contributed by atoms with van der Waals surface area (Å²) in [6.07, 6.45) is 2.38. The van der Waals surface area contributed by atoms with E-state index in [1.807, 2.05) is 48.5 Å². The maximum atomic E-state index is 13.5. The summed E-state index contributed by atoms with van der Waals surface area (Å²) in [4.78, 5) is 46.3. The molecule has 0 radical (unpaired) electrons. The predicted octanol–water partition coefficient (Wildman–Crippen LogP) is 2.09. The lowest BCUT2D eigenvalue weighted by atomic mass is 10.1. The van der Waals surface area contributed by atoms with Crippen molar-refractivity contribution < 1.29 is 27.6 Å². The van der Waals surface area contributed by atoms with Crippen LogP contribution in [0.5, 0.6) is 0 Å². The maximum absolute atomic E-state index is 13.5. The molecule has 2 aromatic carbocycles. The summed E-state index contributed by atoms with van der Waals surface area (Å²) in [5.41, 5.74) is 3.27. The first-order valence-electron chi connectivity index (χ1n) is 13.4. The molecule has 0 bridgehead atoms. The van der Waals surface area contributed by atoms with Crippen molar-refractivity contribution in [3.05, 3.63) is 72.3 Å². The van der Waals surface area contributed by atoms with E-state index in [1.54, 1.807) is 0 Å². The minimum Gasteiger partial charge on any atom is -0.390 e. The Bertz CT molecular complexity index is 1520. The van der Waals surface area contributed by atoms with Gasteiger partial charge in [-0.3, -0.25) is 19.1 Å². The second-order valence-corrected chi connectivity index (χ2v) is 12.8. The molecule has 3 amide bonds. The van der Waals surface area contributed by atoms with Crippen LogP contribution in [0.1, 0.15) is 43.7 Å². The highest BCUT2D eigenvalue weighted by molar-refractivity contribution is 7.91. The van der Waals surface area contributed by atoms with Crippen molar-refractivity contribution >= 4 is 33.5 Å². The van der Waals surface area contributed by atoms with Crippen LogP contribution in [0.2, 0.25) is 0 Å². The molecular weight excluding hydrogens is 532 g/mol. The van der Waals surface area contributed by atoms with E-state index >= 15 is 0 Å². The van der Waals surface area contributed by atoms with Crippen molar-refractivity contribution in [2.75, 3.05) is 6.54 Å². The number of hydrogen-bond donors (Lipinski definition) is 2. The van der Waals surface area contributed by atoms with E-state index in [0.29, 0.717) is 18.6 Å². The van der Waals surface area contributed by atoms with Gasteiger partial charge in [0.05, 0.1) is 11.8 Å². The molecule has 0 aromatic heterocycles. The average molecular weight is 563 g/mol. The zero-order valence-electron chi connectivity index (χ0n) is 22.0. The number of carbonyl (C=O) groups excluding carboxylic acids is 3. The average Bonchev–Trinajstić information content (AvgIpc) is 3.84. The van der Waals surface area contributed by atoms with Gasteiger partial charge in [0, 0.05) is 30.4 Å². The molecule has 11 heteroatoms. The Labute approximate surface area is 232 Å². The lowest BCUT2D eigenvalue weighted by Gasteiger charge is -2.25. The van der Waals surface area contributed by atoms with Gasteiger partial charge in [-0.1, -0.05) is 59.8 Å². The van der Waals surface area contributed by atoms with Crippen LogP contribution in [0.4, 0.5) is 0 Å². The Morgan fingerprint density at radius 3 is 2.17 bits per heavy atom. The van der Waals surface area contributed by atoms with E-state index in [2.05, 4.69) is 21.8 Å². The van der Waals surface area contributed by atoms with Gasteiger partial charge in [-0.05, 0) is 30.4 Å². The minimum atomic E-state index is -3.79. The molecule has 4 aliphatic rings. The number of likely N-dealkylation sites (tertiary alicyclic amines) is 1. The molecule has 1 heterocycles. The Kier molecular flexibility index (Phi) is 6.29. The fourth-order valence-corrected chi connectivity index (χ4v) is 7.07. The molecule has 208 valence electrons. The van der Waals surface area contributed by atoms with Crippen LogP contribution in [0.15, 0.2) is 66.3 Å². The third kappa shape index (κ3) is 4.47. The summed E-state index contributed by atoms with van der Waals surface area (Å²) < 4.78 is 26.9. The first kappa shape index (κ1) is 26.2. The number of hydrogen-bond acceptors (Lipinski definition) is 7. The second-order valence-electron chi connectivity index (χ2n) is 10.9. The van der Waals surface area contributed by atoms with Crippen molar-refractivity contribution in [1.29, 1.82) is 0 Å². The maximum Gasteiger partial charge on any atom is 0.259 e. The smallest absolute Gasteiger partial charge is 0.259 e. The van der Waals surface area contributed by atoms with Gasteiger partial charge in [0.2, 0.25) is 21.8 Å². The van der Waals surface area contributed by atoms with Gasteiger partial charge in [-0.15, -0.1) is 6.58 Å². The van der Waals surface area contributed by atoms with Crippen molar-refractivity contribution in [2.45, 2.75) is 55.5 Å². The summed E-state index contributed by atoms with van der Waals surface area (Å²) >= 11 is 0. The van der Waals surface area contributed by atoms with Gasteiger partial charge in [0.1, 0.15) is 23.4 Å². The number of carbonyl (C=O) groups is 3. The largest absolute Gasteiger partial charge is 0.390 e. The summed E-state index contributed by atoms with van der Waals surface area (Å²) in [5, 5.41) is 6.65. The number of sulfonamides is 1. The molecule has 0 spiro atoms. The van der Waals surface area contributed by atoms with Crippen molar-refractivity contribution in [2.24, 2.45) is 11.1 Å². The quantitative estimate of drug-likeness (QED) is 0.319. The highest BCUT2D eigenvalue weighted by Gasteiger charge is 2.61. The van der Waals surface area contributed by atoms with Crippen LogP contribution in [0.25, 0.3) is 11.1 Å². The molecule has 10 nitrogen and oxygen atoms in total. The summed E-state index contributed by atoms with van der Waals surface area (Å²) in [5.74, 6) is -2.06. The standard InChI is InChI=1S/C29H30N4O6S/c1-3-18-15-29(18,28(36)32-40(37,38)20-12-13-20)30-27(35)25-14-19(16-33(25)17(2)34)39-31-26-23-10-6-4-8-21(23)22-9-5-7-11-24(22)26/h3-11,18-20,25H,1,12-16H2,2H3,(H,30,35)(H,32,36)/t18-,19?,25?,29-/m1/s1. The van der Waals surface area contributed by atoms with E-state index in [1.165, 1.54) is 17.9 Å². The zero-order valence-corrected chi connectivity index (χ0v) is 22.8. The number of nitrogens with one attached hydrogen (secondary N) is 2. The third-order valence-corrected chi connectivity index (χ3v) is 9.99. The van der Waals surface area contributed by atoms with Crippen LogP contribution in [0, 0.1) is 5.92 Å². The summed E-state index contributed by atoms with van der Waals surface area (Å²) in [6.45, 7) is 5.23. The molecule has 2 unspecified atom stereocenters. The molecule has 1 saturated heterocycles. The molecule has 3 fully saturated rings. The molecule has 4 atom stereocenters. The summed E-state index contributed by atoms with van der Waals surface area (Å²) in [6, 6.07) is 14.9. The minimum absolute atomic E-state index is 0.146.